The Morgan fingerprint density at radius 1 is 1.43 bits per heavy atom. The van der Waals surface area contributed by atoms with Crippen molar-refractivity contribution in [3.8, 4) is 0 Å². The Kier molecular flexibility index (Phi) is 4.12. The average Bonchev–Trinajstić information content (AvgIpc) is 3.02. The molecule has 0 spiro atoms. The van der Waals surface area contributed by atoms with Crippen LogP contribution in [0.4, 0.5) is 10.5 Å². The number of urea groups is 1. The van der Waals surface area contributed by atoms with Gasteiger partial charge in [0.1, 0.15) is 0 Å². The molecule has 114 valence electrons. The van der Waals surface area contributed by atoms with E-state index in [1.165, 1.54) is 5.56 Å². The van der Waals surface area contributed by atoms with Gasteiger partial charge in [-0.05, 0) is 25.1 Å². The number of hydrogen-bond acceptors (Lipinski definition) is 3. The summed E-state index contributed by atoms with van der Waals surface area (Å²) in [5.41, 5.74) is 2.25. The zero-order chi connectivity index (χ0) is 14.8. The molecular formula is C16H23N3O2. The van der Waals surface area contributed by atoms with Crippen molar-refractivity contribution in [2.24, 2.45) is 5.92 Å². The average molecular weight is 289 g/mol. The number of hydrogen-bond donors (Lipinski definition) is 1. The third-order valence-corrected chi connectivity index (χ3v) is 4.53. The third-order valence-electron chi connectivity index (χ3n) is 4.53. The zero-order valence-electron chi connectivity index (χ0n) is 12.7. The van der Waals surface area contributed by atoms with Gasteiger partial charge in [0.05, 0.1) is 12.3 Å². The summed E-state index contributed by atoms with van der Waals surface area (Å²) in [6, 6.07) is 8.50. The van der Waals surface area contributed by atoms with Crippen LogP contribution >= 0.6 is 0 Å². The molecule has 1 N–H and O–H groups in total. The summed E-state index contributed by atoms with van der Waals surface area (Å²) in [6.07, 6.45) is 1.06. The van der Waals surface area contributed by atoms with Gasteiger partial charge >= 0.3 is 6.03 Å². The number of nitrogens with one attached hydrogen (secondary N) is 1. The third kappa shape index (κ3) is 2.76. The van der Waals surface area contributed by atoms with Gasteiger partial charge in [0, 0.05) is 38.7 Å². The number of amides is 2. The van der Waals surface area contributed by atoms with E-state index in [-0.39, 0.29) is 12.1 Å². The van der Waals surface area contributed by atoms with Gasteiger partial charge in [0.25, 0.3) is 0 Å². The highest BCUT2D eigenvalue weighted by Crippen LogP contribution is 2.29. The van der Waals surface area contributed by atoms with Gasteiger partial charge in [-0.2, -0.15) is 0 Å². The second-order valence-corrected chi connectivity index (χ2v) is 5.90. The summed E-state index contributed by atoms with van der Waals surface area (Å²) in [5, 5.41) is 3.37. The van der Waals surface area contributed by atoms with Crippen LogP contribution in [0.25, 0.3) is 0 Å². The predicted octanol–water partition coefficient (Wildman–Crippen LogP) is 1.68. The Bertz CT molecular complexity index is 514. The van der Waals surface area contributed by atoms with Crippen molar-refractivity contribution in [1.29, 1.82) is 0 Å². The van der Waals surface area contributed by atoms with E-state index in [1.54, 1.807) is 4.90 Å². The maximum Gasteiger partial charge on any atom is 0.324 e. The van der Waals surface area contributed by atoms with Crippen molar-refractivity contribution in [2.75, 3.05) is 38.8 Å². The van der Waals surface area contributed by atoms with Crippen molar-refractivity contribution in [2.45, 2.75) is 19.0 Å². The summed E-state index contributed by atoms with van der Waals surface area (Å²) in [7, 11) is 3.82. The lowest BCUT2D eigenvalue weighted by Gasteiger charge is -2.38. The van der Waals surface area contributed by atoms with Crippen LogP contribution in [-0.2, 0) is 11.3 Å². The Morgan fingerprint density at radius 3 is 2.95 bits per heavy atom. The lowest BCUT2D eigenvalue weighted by molar-refractivity contribution is 0.176. The van der Waals surface area contributed by atoms with E-state index < -0.39 is 0 Å². The van der Waals surface area contributed by atoms with Crippen LogP contribution in [0.1, 0.15) is 12.0 Å². The number of nitrogens with zero attached hydrogens (tertiary/aromatic N) is 2. The molecule has 2 aliphatic heterocycles. The summed E-state index contributed by atoms with van der Waals surface area (Å²) in [6.45, 7) is 2.98. The van der Waals surface area contributed by atoms with E-state index in [0.29, 0.717) is 19.0 Å². The Morgan fingerprint density at radius 2 is 2.24 bits per heavy atom. The van der Waals surface area contributed by atoms with Crippen molar-refractivity contribution in [3.63, 3.8) is 0 Å². The first kappa shape index (κ1) is 14.4. The predicted molar refractivity (Wildman–Crippen MR) is 82.4 cm³/mol. The molecule has 1 saturated heterocycles. The Hall–Kier alpha value is -1.59. The number of likely N-dealkylation sites (N-methyl/N-ethyl adjacent to an activating group) is 1. The molecule has 21 heavy (non-hydrogen) atoms. The molecule has 2 unspecified atom stereocenters. The maximum absolute atomic E-state index is 12.5. The highest BCUT2D eigenvalue weighted by molar-refractivity contribution is 5.94. The van der Waals surface area contributed by atoms with Crippen molar-refractivity contribution in [3.05, 3.63) is 29.8 Å². The second kappa shape index (κ2) is 6.03. The first-order valence-corrected chi connectivity index (χ1v) is 7.56. The zero-order valence-corrected chi connectivity index (χ0v) is 12.7. The molecular weight excluding hydrogens is 266 g/mol. The number of para-hydroxylation sites is 1. The molecule has 2 amide bonds. The standard InChI is InChI=1S/C16H23N3O2/c1-17-14(13-7-8-21-11-13)10-19-15-6-4-3-5-12(15)9-18(2)16(19)20/h3-6,13-14,17H,7-11H2,1-2H3. The number of anilines is 1. The molecule has 1 aromatic rings. The van der Waals surface area contributed by atoms with Crippen molar-refractivity contribution < 1.29 is 9.53 Å². The number of rotatable bonds is 4. The lowest BCUT2D eigenvalue weighted by atomic mass is 9.97. The van der Waals surface area contributed by atoms with E-state index in [0.717, 1.165) is 25.3 Å². The Balaban J connectivity index is 1.83. The van der Waals surface area contributed by atoms with Gasteiger partial charge in [-0.25, -0.2) is 4.79 Å². The molecule has 1 fully saturated rings. The highest BCUT2D eigenvalue weighted by atomic mass is 16.5. The summed E-state index contributed by atoms with van der Waals surface area (Å²) in [4.78, 5) is 16.2. The minimum Gasteiger partial charge on any atom is -0.381 e. The van der Waals surface area contributed by atoms with Crippen LogP contribution in [0.2, 0.25) is 0 Å². The van der Waals surface area contributed by atoms with E-state index in [1.807, 2.05) is 37.2 Å². The SMILES string of the molecule is CNC(CN1C(=O)N(C)Cc2ccccc21)C1CCOC1. The van der Waals surface area contributed by atoms with Crippen LogP contribution in [0, 0.1) is 5.92 Å². The van der Waals surface area contributed by atoms with E-state index in [4.69, 9.17) is 4.74 Å². The van der Waals surface area contributed by atoms with Gasteiger partial charge in [0.2, 0.25) is 0 Å². The monoisotopic (exact) mass is 289 g/mol. The fourth-order valence-corrected chi connectivity index (χ4v) is 3.26. The second-order valence-electron chi connectivity index (χ2n) is 5.90. The van der Waals surface area contributed by atoms with E-state index in [2.05, 4.69) is 11.4 Å². The molecule has 0 aliphatic carbocycles. The number of ether oxygens (including phenoxy) is 1. The van der Waals surface area contributed by atoms with Crippen molar-refractivity contribution in [1.82, 2.24) is 10.2 Å². The van der Waals surface area contributed by atoms with Crippen LogP contribution < -0.4 is 10.2 Å². The normalized spacial score (nSPS) is 23.3. The lowest BCUT2D eigenvalue weighted by Crippen LogP contribution is -2.52. The fourth-order valence-electron chi connectivity index (χ4n) is 3.26. The highest BCUT2D eigenvalue weighted by Gasteiger charge is 2.32. The number of fused-ring (bicyclic) bond motifs is 1. The van der Waals surface area contributed by atoms with Gasteiger partial charge in [-0.3, -0.25) is 4.90 Å². The molecule has 5 heteroatoms. The van der Waals surface area contributed by atoms with Gasteiger partial charge < -0.3 is 15.0 Å². The molecule has 0 bridgehead atoms. The van der Waals surface area contributed by atoms with E-state index in [9.17, 15) is 4.79 Å². The molecule has 0 aromatic heterocycles. The molecule has 2 aliphatic rings. The molecule has 3 rings (SSSR count). The van der Waals surface area contributed by atoms with Crippen LogP contribution in [0.15, 0.2) is 24.3 Å². The topological polar surface area (TPSA) is 44.8 Å². The van der Waals surface area contributed by atoms with Gasteiger partial charge in [-0.1, -0.05) is 18.2 Å². The van der Waals surface area contributed by atoms with Gasteiger partial charge in [0.15, 0.2) is 0 Å². The van der Waals surface area contributed by atoms with E-state index >= 15 is 0 Å². The molecule has 1 aromatic carbocycles. The largest absolute Gasteiger partial charge is 0.381 e. The summed E-state index contributed by atoms with van der Waals surface area (Å²) >= 11 is 0. The Labute approximate surface area is 125 Å². The molecule has 0 radical (unpaired) electrons. The smallest absolute Gasteiger partial charge is 0.324 e. The molecule has 5 nitrogen and oxygen atoms in total. The maximum atomic E-state index is 12.5. The summed E-state index contributed by atoms with van der Waals surface area (Å²) in [5.74, 6) is 0.474. The first-order valence-electron chi connectivity index (χ1n) is 7.56. The number of benzene rings is 1. The first-order chi connectivity index (χ1) is 10.2. The molecule has 2 heterocycles. The van der Waals surface area contributed by atoms with Crippen molar-refractivity contribution >= 4 is 11.7 Å². The quantitative estimate of drug-likeness (QED) is 0.917. The number of carbonyl (C=O) groups excluding carboxylic acids is 1. The van der Waals surface area contributed by atoms with Crippen LogP contribution in [0.3, 0.4) is 0 Å². The fraction of sp³-hybridized carbons (Fsp3) is 0.562. The minimum absolute atomic E-state index is 0.0767. The summed E-state index contributed by atoms with van der Waals surface area (Å²) < 4.78 is 5.49. The van der Waals surface area contributed by atoms with Gasteiger partial charge in [-0.15, -0.1) is 0 Å². The molecule has 2 atom stereocenters. The minimum atomic E-state index is 0.0767. The molecule has 0 saturated carbocycles. The van der Waals surface area contributed by atoms with Crippen LogP contribution in [-0.4, -0.2) is 50.8 Å². The van der Waals surface area contributed by atoms with Crippen LogP contribution in [0.5, 0.6) is 0 Å². The number of carbonyl (C=O) groups is 1.